The summed E-state index contributed by atoms with van der Waals surface area (Å²) in [7, 11) is 0. The molecule has 0 bridgehead atoms. The molecule has 0 saturated heterocycles. The van der Waals surface area contributed by atoms with Crippen LogP contribution in [0.4, 0.5) is 11.4 Å². The van der Waals surface area contributed by atoms with Gasteiger partial charge in [0, 0.05) is 17.4 Å². The summed E-state index contributed by atoms with van der Waals surface area (Å²) < 4.78 is 5.57. The van der Waals surface area contributed by atoms with Crippen LogP contribution in [0.15, 0.2) is 42.5 Å². The molecule has 2 rings (SSSR count). The number of benzene rings is 2. The summed E-state index contributed by atoms with van der Waals surface area (Å²) >= 11 is 0. The average Bonchev–Trinajstić information content (AvgIpc) is 2.54. The number of carbonyl (C=O) groups excluding carboxylic acids is 1. The van der Waals surface area contributed by atoms with Crippen LogP contribution in [0.1, 0.15) is 24.5 Å². The number of hydrogen-bond acceptors (Lipinski definition) is 3. The molecular formula is C19H24N2O2. The first-order valence-electron chi connectivity index (χ1n) is 7.93. The first-order chi connectivity index (χ1) is 11.1. The molecule has 1 amide bonds. The number of aryl methyl sites for hydroxylation is 1. The van der Waals surface area contributed by atoms with Crippen LogP contribution in [0.3, 0.4) is 0 Å². The van der Waals surface area contributed by atoms with Gasteiger partial charge >= 0.3 is 0 Å². The highest BCUT2D eigenvalue weighted by Crippen LogP contribution is 2.19. The van der Waals surface area contributed by atoms with Crippen molar-refractivity contribution in [3.63, 3.8) is 0 Å². The van der Waals surface area contributed by atoms with E-state index in [-0.39, 0.29) is 12.5 Å². The molecule has 2 aromatic rings. The lowest BCUT2D eigenvalue weighted by Crippen LogP contribution is -2.22. The molecule has 122 valence electrons. The van der Waals surface area contributed by atoms with E-state index in [2.05, 4.69) is 30.5 Å². The fourth-order valence-electron chi connectivity index (χ4n) is 2.21. The molecule has 0 heterocycles. The normalized spacial score (nSPS) is 10.2. The Balaban J connectivity index is 1.91. The van der Waals surface area contributed by atoms with Gasteiger partial charge in [-0.2, -0.15) is 0 Å². The Labute approximate surface area is 137 Å². The van der Waals surface area contributed by atoms with Crippen LogP contribution in [0.25, 0.3) is 0 Å². The van der Waals surface area contributed by atoms with Gasteiger partial charge in [-0.25, -0.2) is 0 Å². The van der Waals surface area contributed by atoms with Crippen molar-refractivity contribution in [2.24, 2.45) is 0 Å². The minimum absolute atomic E-state index is 0.0847. The highest BCUT2D eigenvalue weighted by Gasteiger charge is 2.05. The van der Waals surface area contributed by atoms with Crippen LogP contribution in [-0.2, 0) is 4.79 Å². The molecule has 0 aliphatic rings. The van der Waals surface area contributed by atoms with Gasteiger partial charge in [0.05, 0.1) is 13.2 Å². The third-order valence-electron chi connectivity index (χ3n) is 3.63. The van der Waals surface area contributed by atoms with Gasteiger partial charge in [0.15, 0.2) is 0 Å². The molecule has 2 N–H and O–H groups in total. The molecule has 2 aromatic carbocycles. The maximum Gasteiger partial charge on any atom is 0.243 e. The lowest BCUT2D eigenvalue weighted by Gasteiger charge is -2.12. The van der Waals surface area contributed by atoms with Gasteiger partial charge in [0.2, 0.25) is 5.91 Å². The number of rotatable bonds is 7. The fraction of sp³-hybridized carbons (Fsp3) is 0.316. The summed E-state index contributed by atoms with van der Waals surface area (Å²) in [4.78, 5) is 12.1. The zero-order valence-electron chi connectivity index (χ0n) is 14.0. The lowest BCUT2D eigenvalue weighted by atomic mass is 10.1. The Kier molecular flexibility index (Phi) is 6.03. The Bertz CT molecular complexity index is 668. The molecule has 0 aliphatic heterocycles. The quantitative estimate of drug-likeness (QED) is 0.808. The molecule has 0 unspecified atom stereocenters. The molecule has 0 radical (unpaired) electrons. The van der Waals surface area contributed by atoms with Crippen LogP contribution >= 0.6 is 0 Å². The van der Waals surface area contributed by atoms with Crippen molar-refractivity contribution in [1.29, 1.82) is 0 Å². The van der Waals surface area contributed by atoms with Crippen molar-refractivity contribution in [1.82, 2.24) is 0 Å². The Hall–Kier alpha value is -2.49. The van der Waals surface area contributed by atoms with Crippen LogP contribution < -0.4 is 15.4 Å². The van der Waals surface area contributed by atoms with Gasteiger partial charge in [-0.3, -0.25) is 4.79 Å². The van der Waals surface area contributed by atoms with Crippen molar-refractivity contribution >= 4 is 17.3 Å². The predicted molar refractivity (Wildman–Crippen MR) is 95.3 cm³/mol. The van der Waals surface area contributed by atoms with Gasteiger partial charge < -0.3 is 15.4 Å². The predicted octanol–water partition coefficient (Wildman–Crippen LogP) is 4.14. The molecule has 0 fully saturated rings. The topological polar surface area (TPSA) is 50.4 Å². The zero-order chi connectivity index (χ0) is 16.7. The van der Waals surface area contributed by atoms with E-state index >= 15 is 0 Å². The standard InChI is InChI=1S/C19H24N2O2/c1-4-11-23-17-9-6-8-16(12-17)21-19(22)13-20-18-10-5-7-14(2)15(18)3/h5-10,12,20H,4,11,13H2,1-3H3,(H,21,22). The largest absolute Gasteiger partial charge is 0.494 e. The van der Waals surface area contributed by atoms with E-state index < -0.39 is 0 Å². The molecule has 0 aromatic heterocycles. The number of ether oxygens (including phenoxy) is 1. The maximum absolute atomic E-state index is 12.1. The number of amides is 1. The van der Waals surface area contributed by atoms with Gasteiger partial charge in [-0.05, 0) is 49.6 Å². The van der Waals surface area contributed by atoms with E-state index in [4.69, 9.17) is 4.74 Å². The molecule has 0 saturated carbocycles. The minimum atomic E-state index is -0.0847. The van der Waals surface area contributed by atoms with Gasteiger partial charge in [0.1, 0.15) is 5.75 Å². The summed E-state index contributed by atoms with van der Waals surface area (Å²) in [6, 6.07) is 13.5. The van der Waals surface area contributed by atoms with E-state index in [1.54, 1.807) is 0 Å². The van der Waals surface area contributed by atoms with Crippen LogP contribution in [-0.4, -0.2) is 19.1 Å². The summed E-state index contributed by atoms with van der Waals surface area (Å²) in [5.41, 5.74) is 4.10. The van der Waals surface area contributed by atoms with E-state index in [1.165, 1.54) is 5.56 Å². The monoisotopic (exact) mass is 312 g/mol. The molecular weight excluding hydrogens is 288 g/mol. The lowest BCUT2D eigenvalue weighted by molar-refractivity contribution is -0.114. The summed E-state index contributed by atoms with van der Waals surface area (Å²) in [5.74, 6) is 0.686. The van der Waals surface area contributed by atoms with E-state index in [0.29, 0.717) is 6.61 Å². The SMILES string of the molecule is CCCOc1cccc(NC(=O)CNc2cccc(C)c2C)c1. The summed E-state index contributed by atoms with van der Waals surface area (Å²) in [6.07, 6.45) is 0.955. The van der Waals surface area contributed by atoms with Crippen molar-refractivity contribution in [3.8, 4) is 5.75 Å². The van der Waals surface area contributed by atoms with Crippen LogP contribution in [0, 0.1) is 13.8 Å². The zero-order valence-corrected chi connectivity index (χ0v) is 14.0. The second kappa shape index (κ2) is 8.22. The maximum atomic E-state index is 12.1. The van der Waals surface area contributed by atoms with E-state index in [9.17, 15) is 4.79 Å². The van der Waals surface area contributed by atoms with Crippen molar-refractivity contribution in [2.45, 2.75) is 27.2 Å². The van der Waals surface area contributed by atoms with Gasteiger partial charge in [0.25, 0.3) is 0 Å². The third-order valence-corrected chi connectivity index (χ3v) is 3.63. The Morgan fingerprint density at radius 2 is 1.91 bits per heavy atom. The third kappa shape index (κ3) is 5.02. The summed E-state index contributed by atoms with van der Waals surface area (Å²) in [5, 5.41) is 6.06. The van der Waals surface area contributed by atoms with E-state index in [0.717, 1.165) is 29.1 Å². The van der Waals surface area contributed by atoms with Crippen molar-refractivity contribution < 1.29 is 9.53 Å². The van der Waals surface area contributed by atoms with Gasteiger partial charge in [-0.1, -0.05) is 25.1 Å². The summed E-state index contributed by atoms with van der Waals surface area (Å²) in [6.45, 7) is 7.06. The fourth-order valence-corrected chi connectivity index (χ4v) is 2.21. The number of nitrogens with one attached hydrogen (secondary N) is 2. The minimum Gasteiger partial charge on any atom is -0.494 e. The smallest absolute Gasteiger partial charge is 0.243 e. The molecule has 4 heteroatoms. The highest BCUT2D eigenvalue weighted by atomic mass is 16.5. The second-order valence-electron chi connectivity index (χ2n) is 5.53. The molecule has 4 nitrogen and oxygen atoms in total. The number of hydrogen-bond donors (Lipinski definition) is 2. The molecule has 23 heavy (non-hydrogen) atoms. The second-order valence-corrected chi connectivity index (χ2v) is 5.53. The average molecular weight is 312 g/mol. The first kappa shape index (κ1) is 16.9. The van der Waals surface area contributed by atoms with Crippen LogP contribution in [0.5, 0.6) is 5.75 Å². The highest BCUT2D eigenvalue weighted by molar-refractivity contribution is 5.94. The van der Waals surface area contributed by atoms with Crippen molar-refractivity contribution in [2.75, 3.05) is 23.8 Å². The Morgan fingerprint density at radius 3 is 2.70 bits per heavy atom. The van der Waals surface area contributed by atoms with Crippen LogP contribution in [0.2, 0.25) is 0 Å². The molecule has 0 spiro atoms. The van der Waals surface area contributed by atoms with E-state index in [1.807, 2.05) is 43.3 Å². The molecule has 0 atom stereocenters. The van der Waals surface area contributed by atoms with Crippen molar-refractivity contribution in [3.05, 3.63) is 53.6 Å². The van der Waals surface area contributed by atoms with Gasteiger partial charge in [-0.15, -0.1) is 0 Å². The molecule has 0 aliphatic carbocycles. The number of carbonyl (C=O) groups is 1. The number of anilines is 2. The Morgan fingerprint density at radius 1 is 1.13 bits per heavy atom. The first-order valence-corrected chi connectivity index (χ1v) is 7.93.